The van der Waals surface area contributed by atoms with E-state index in [0.29, 0.717) is 5.92 Å². The van der Waals surface area contributed by atoms with Crippen LogP contribution in [0.1, 0.15) is 89.5 Å². The van der Waals surface area contributed by atoms with Crippen LogP contribution in [0.5, 0.6) is 0 Å². The van der Waals surface area contributed by atoms with Crippen molar-refractivity contribution in [3.63, 3.8) is 0 Å². The molecule has 0 heterocycles. The molecule has 0 amide bonds. The molecule has 1 rings (SSSR count). The molecule has 0 radical (unpaired) electrons. The van der Waals surface area contributed by atoms with E-state index in [1.807, 2.05) is 12.1 Å². The fourth-order valence-electron chi connectivity index (χ4n) is 3.13. The number of rotatable bonds is 13. The molecule has 0 aromatic heterocycles. The molecule has 1 aromatic rings. The zero-order chi connectivity index (χ0) is 17.8. The van der Waals surface area contributed by atoms with E-state index in [4.69, 9.17) is 0 Å². The van der Waals surface area contributed by atoms with E-state index in [1.54, 1.807) is 12.1 Å². The van der Waals surface area contributed by atoms with Crippen LogP contribution >= 0.6 is 0 Å². The van der Waals surface area contributed by atoms with Crippen LogP contribution in [-0.2, 0) is 14.3 Å². The zero-order valence-corrected chi connectivity index (χ0v) is 16.4. The summed E-state index contributed by atoms with van der Waals surface area (Å²) in [5.41, 5.74) is 1.23. The minimum Gasteiger partial charge on any atom is -0.270 e. The quantitative estimate of drug-likeness (QED) is 0.320. The molecule has 0 saturated heterocycles. The molecular weight excluding hydrogens is 320 g/mol. The van der Waals surface area contributed by atoms with E-state index < -0.39 is 10.1 Å². The van der Waals surface area contributed by atoms with Gasteiger partial charge in [0.05, 0.1) is 12.0 Å². The molecule has 4 heteroatoms. The molecule has 3 nitrogen and oxygen atoms in total. The minimum atomic E-state index is -3.58. The highest BCUT2D eigenvalue weighted by Gasteiger charge is 2.14. The van der Waals surface area contributed by atoms with Crippen molar-refractivity contribution in [2.45, 2.75) is 88.9 Å². The summed E-state index contributed by atoms with van der Waals surface area (Å²) >= 11 is 0. The summed E-state index contributed by atoms with van der Waals surface area (Å²) in [6.45, 7) is 4.46. The molecule has 0 spiro atoms. The van der Waals surface area contributed by atoms with Gasteiger partial charge in [-0.15, -0.1) is 0 Å². The third-order valence-corrected chi connectivity index (χ3v) is 6.05. The lowest BCUT2D eigenvalue weighted by molar-refractivity contribution is 0.397. The van der Waals surface area contributed by atoms with E-state index in [-0.39, 0.29) is 4.90 Å². The van der Waals surface area contributed by atoms with Crippen molar-refractivity contribution in [1.82, 2.24) is 0 Å². The zero-order valence-electron chi connectivity index (χ0n) is 15.6. The van der Waals surface area contributed by atoms with Crippen LogP contribution in [-0.4, -0.2) is 15.5 Å². The van der Waals surface area contributed by atoms with Crippen molar-refractivity contribution in [2.24, 2.45) is 0 Å². The SMILES string of the molecule is CCCCCCCCCCC(CC)c1ccc(S(=O)(=O)OC)cc1. The monoisotopic (exact) mass is 354 g/mol. The molecule has 1 atom stereocenters. The molecule has 0 fully saturated rings. The van der Waals surface area contributed by atoms with Gasteiger partial charge in [0.25, 0.3) is 10.1 Å². The predicted molar refractivity (Wildman–Crippen MR) is 101 cm³/mol. The molecule has 0 N–H and O–H groups in total. The van der Waals surface area contributed by atoms with Crippen LogP contribution < -0.4 is 0 Å². The van der Waals surface area contributed by atoms with Crippen LogP contribution in [0.25, 0.3) is 0 Å². The van der Waals surface area contributed by atoms with Crippen molar-refractivity contribution in [1.29, 1.82) is 0 Å². The molecule has 0 saturated carbocycles. The summed E-state index contributed by atoms with van der Waals surface area (Å²) in [7, 11) is -2.39. The Morgan fingerprint density at radius 2 is 1.42 bits per heavy atom. The largest absolute Gasteiger partial charge is 0.296 e. The molecule has 0 aliphatic heterocycles. The smallest absolute Gasteiger partial charge is 0.270 e. The molecule has 1 unspecified atom stereocenters. The van der Waals surface area contributed by atoms with E-state index in [2.05, 4.69) is 18.0 Å². The summed E-state index contributed by atoms with van der Waals surface area (Å²) in [6.07, 6.45) is 13.0. The maximum absolute atomic E-state index is 11.7. The summed E-state index contributed by atoms with van der Waals surface area (Å²) in [5.74, 6) is 0.518. The van der Waals surface area contributed by atoms with Crippen LogP contribution in [0.3, 0.4) is 0 Å². The predicted octanol–water partition coefficient (Wildman–Crippen LogP) is 6.05. The average molecular weight is 355 g/mol. The Kier molecular flexibility index (Phi) is 10.3. The van der Waals surface area contributed by atoms with Crippen molar-refractivity contribution < 1.29 is 12.6 Å². The summed E-state index contributed by atoms with van der Waals surface area (Å²) in [6, 6.07) is 7.19. The van der Waals surface area contributed by atoms with E-state index in [9.17, 15) is 8.42 Å². The van der Waals surface area contributed by atoms with E-state index in [0.717, 1.165) is 6.42 Å². The Balaban J connectivity index is 2.38. The lowest BCUT2D eigenvalue weighted by atomic mass is 9.91. The average Bonchev–Trinajstić information content (AvgIpc) is 2.60. The summed E-state index contributed by atoms with van der Waals surface area (Å²) < 4.78 is 27.9. The lowest BCUT2D eigenvalue weighted by Crippen LogP contribution is -2.04. The van der Waals surface area contributed by atoms with Gasteiger partial charge in [-0.1, -0.05) is 77.3 Å². The van der Waals surface area contributed by atoms with Gasteiger partial charge in [0.2, 0.25) is 0 Å². The first-order chi connectivity index (χ1) is 11.5. The van der Waals surface area contributed by atoms with Crippen molar-refractivity contribution in [3.05, 3.63) is 29.8 Å². The second-order valence-corrected chi connectivity index (χ2v) is 8.27. The van der Waals surface area contributed by atoms with Gasteiger partial charge in [-0.05, 0) is 36.5 Å². The van der Waals surface area contributed by atoms with Crippen molar-refractivity contribution in [2.75, 3.05) is 7.11 Å². The van der Waals surface area contributed by atoms with Gasteiger partial charge >= 0.3 is 0 Å². The van der Waals surface area contributed by atoms with Gasteiger partial charge in [0.1, 0.15) is 0 Å². The Labute approximate surface area is 148 Å². The van der Waals surface area contributed by atoms with Gasteiger partial charge in [-0.3, -0.25) is 4.18 Å². The molecule has 24 heavy (non-hydrogen) atoms. The Hall–Kier alpha value is -0.870. The van der Waals surface area contributed by atoms with Crippen molar-refractivity contribution >= 4 is 10.1 Å². The Bertz CT molecular complexity index is 535. The van der Waals surface area contributed by atoms with Gasteiger partial charge in [0, 0.05) is 0 Å². The fraction of sp³-hybridized carbons (Fsp3) is 0.700. The highest BCUT2D eigenvalue weighted by atomic mass is 32.2. The maximum Gasteiger partial charge on any atom is 0.296 e. The van der Waals surface area contributed by atoms with Gasteiger partial charge in [-0.2, -0.15) is 8.42 Å². The fourth-order valence-corrected chi connectivity index (χ4v) is 3.80. The molecule has 1 aromatic carbocycles. The van der Waals surface area contributed by atoms with Gasteiger partial charge in [0.15, 0.2) is 0 Å². The third-order valence-electron chi connectivity index (χ3n) is 4.76. The standard InChI is InChI=1S/C20H34O3S/c1-4-6-7-8-9-10-11-12-13-18(5-2)19-14-16-20(17-15-19)24(21,22)23-3/h14-18H,4-13H2,1-3H3. The van der Waals surface area contributed by atoms with Crippen LogP contribution in [0.15, 0.2) is 29.2 Å². The Morgan fingerprint density at radius 1 is 0.875 bits per heavy atom. The molecule has 0 bridgehead atoms. The first kappa shape index (κ1) is 21.2. The van der Waals surface area contributed by atoms with Crippen molar-refractivity contribution in [3.8, 4) is 0 Å². The molecular formula is C20H34O3S. The third kappa shape index (κ3) is 7.35. The second-order valence-electron chi connectivity index (χ2n) is 6.56. The van der Waals surface area contributed by atoms with Crippen LogP contribution in [0.4, 0.5) is 0 Å². The Morgan fingerprint density at radius 3 is 1.92 bits per heavy atom. The topological polar surface area (TPSA) is 43.4 Å². The number of unbranched alkanes of at least 4 members (excludes halogenated alkanes) is 7. The summed E-state index contributed by atoms with van der Waals surface area (Å²) in [4.78, 5) is 0.232. The van der Waals surface area contributed by atoms with Crippen LogP contribution in [0.2, 0.25) is 0 Å². The molecule has 138 valence electrons. The van der Waals surface area contributed by atoms with Gasteiger partial charge in [-0.25, -0.2) is 0 Å². The highest BCUT2D eigenvalue weighted by Crippen LogP contribution is 2.27. The first-order valence-corrected chi connectivity index (χ1v) is 10.9. The van der Waals surface area contributed by atoms with Gasteiger partial charge < -0.3 is 0 Å². The first-order valence-electron chi connectivity index (χ1n) is 9.45. The lowest BCUT2D eigenvalue weighted by Gasteiger charge is -2.15. The maximum atomic E-state index is 11.7. The molecule has 0 aliphatic carbocycles. The number of hydrogen-bond acceptors (Lipinski definition) is 3. The normalized spacial score (nSPS) is 13.1. The highest BCUT2D eigenvalue weighted by molar-refractivity contribution is 7.86. The summed E-state index contributed by atoms with van der Waals surface area (Å²) in [5, 5.41) is 0. The number of benzene rings is 1. The number of hydrogen-bond donors (Lipinski definition) is 0. The van der Waals surface area contributed by atoms with Crippen LogP contribution in [0, 0.1) is 0 Å². The second kappa shape index (κ2) is 11.6. The van der Waals surface area contributed by atoms with E-state index >= 15 is 0 Å². The minimum absolute atomic E-state index is 0.232. The molecule has 0 aliphatic rings. The van der Waals surface area contributed by atoms with E-state index in [1.165, 1.54) is 70.5 Å².